The number of fused-ring (bicyclic) bond motifs is 2. The Hall–Kier alpha value is -2.08. The van der Waals surface area contributed by atoms with Gasteiger partial charge in [0, 0.05) is 31.2 Å². The van der Waals surface area contributed by atoms with Crippen molar-refractivity contribution in [1.82, 2.24) is 15.1 Å². The van der Waals surface area contributed by atoms with E-state index in [4.69, 9.17) is 4.74 Å². The fourth-order valence-corrected chi connectivity index (χ4v) is 4.73. The van der Waals surface area contributed by atoms with E-state index in [0.29, 0.717) is 36.8 Å². The highest BCUT2D eigenvalue weighted by Gasteiger charge is 2.42. The molecule has 2 fully saturated rings. The highest BCUT2D eigenvalue weighted by Crippen LogP contribution is 2.38. The van der Waals surface area contributed by atoms with Gasteiger partial charge < -0.3 is 15.0 Å². The summed E-state index contributed by atoms with van der Waals surface area (Å²) in [4.78, 5) is 29.8. The maximum absolute atomic E-state index is 12.8. The molecule has 6 nitrogen and oxygen atoms in total. The molecular formula is C25H39N3O3. The number of carbonyl (C=O) groups is 2. The molecule has 0 aromatic heterocycles. The summed E-state index contributed by atoms with van der Waals surface area (Å²) in [5, 5.41) is 3.12. The van der Waals surface area contributed by atoms with Gasteiger partial charge in [0.2, 0.25) is 5.91 Å². The Morgan fingerprint density at radius 3 is 2.19 bits per heavy atom. The van der Waals surface area contributed by atoms with Gasteiger partial charge in [-0.05, 0) is 78.4 Å². The van der Waals surface area contributed by atoms with Crippen LogP contribution in [-0.2, 0) is 9.59 Å². The molecule has 0 saturated carbocycles. The molecule has 0 spiro atoms. The molecule has 0 unspecified atom stereocenters. The number of likely N-dealkylation sites (N-methyl/N-ethyl adjacent to an activating group) is 1. The van der Waals surface area contributed by atoms with Gasteiger partial charge in [0.05, 0.1) is 6.54 Å². The number of amides is 2. The number of benzene rings is 1. The maximum Gasteiger partial charge on any atom is 0.263 e. The lowest BCUT2D eigenvalue weighted by Crippen LogP contribution is -2.53. The molecule has 2 aliphatic rings. The van der Waals surface area contributed by atoms with E-state index in [-0.39, 0.29) is 17.4 Å². The monoisotopic (exact) mass is 429 g/mol. The van der Waals surface area contributed by atoms with Crippen LogP contribution < -0.4 is 10.1 Å². The van der Waals surface area contributed by atoms with E-state index in [9.17, 15) is 9.59 Å². The standard InChI is InChI=1S/C25H39N3O3/c1-24(2,3)27(6)22(29)17-28-19-12-13-20(28)15-18(14-19)16-26-23(30)25(4,5)31-21-10-8-7-9-11-21/h7-11,18-20H,12-17H2,1-6H3,(H,26,30)/t18-,19-,20+. The number of rotatable bonds is 7. The summed E-state index contributed by atoms with van der Waals surface area (Å²) in [6, 6.07) is 10.3. The first-order valence-corrected chi connectivity index (χ1v) is 11.5. The first-order chi connectivity index (χ1) is 14.5. The Kier molecular flexibility index (Phi) is 6.99. The van der Waals surface area contributed by atoms with E-state index >= 15 is 0 Å². The van der Waals surface area contributed by atoms with E-state index in [1.807, 2.05) is 42.3 Å². The Bertz CT molecular complexity index is 758. The molecule has 1 aromatic rings. The second kappa shape index (κ2) is 9.19. The van der Waals surface area contributed by atoms with Gasteiger partial charge in [-0.1, -0.05) is 18.2 Å². The van der Waals surface area contributed by atoms with Crippen LogP contribution in [0.25, 0.3) is 0 Å². The lowest BCUT2D eigenvalue weighted by atomic mass is 9.90. The average Bonchev–Trinajstić information content (AvgIpc) is 2.93. The van der Waals surface area contributed by atoms with Crippen molar-refractivity contribution in [2.45, 2.75) is 83.5 Å². The number of nitrogens with zero attached hydrogens (tertiary/aromatic N) is 2. The van der Waals surface area contributed by atoms with Gasteiger partial charge in [-0.2, -0.15) is 0 Å². The summed E-state index contributed by atoms with van der Waals surface area (Å²) >= 11 is 0. The number of ether oxygens (including phenoxy) is 1. The molecule has 2 heterocycles. The Balaban J connectivity index is 1.50. The molecule has 172 valence electrons. The van der Waals surface area contributed by atoms with Gasteiger partial charge in [-0.3, -0.25) is 14.5 Å². The zero-order valence-electron chi connectivity index (χ0n) is 20.0. The summed E-state index contributed by atoms with van der Waals surface area (Å²) in [6.07, 6.45) is 4.35. The molecule has 2 aliphatic heterocycles. The molecule has 3 atom stereocenters. The molecule has 3 rings (SSSR count). The molecule has 0 radical (unpaired) electrons. The molecule has 2 bridgehead atoms. The number of nitrogens with one attached hydrogen (secondary N) is 1. The molecule has 1 N–H and O–H groups in total. The van der Waals surface area contributed by atoms with Crippen LogP contribution in [0.1, 0.15) is 60.3 Å². The largest absolute Gasteiger partial charge is 0.478 e. The summed E-state index contributed by atoms with van der Waals surface area (Å²) in [6.45, 7) is 11.0. The van der Waals surface area contributed by atoms with E-state index in [1.54, 1.807) is 13.8 Å². The number of carbonyl (C=O) groups excluding carboxylic acids is 2. The summed E-state index contributed by atoms with van der Waals surface area (Å²) in [5.41, 5.74) is -1.08. The maximum atomic E-state index is 12.8. The normalized spacial score (nSPS) is 24.0. The molecule has 0 aliphatic carbocycles. The van der Waals surface area contributed by atoms with Crippen LogP contribution in [0.15, 0.2) is 30.3 Å². The fourth-order valence-electron chi connectivity index (χ4n) is 4.73. The Labute approximate surface area is 187 Å². The summed E-state index contributed by atoms with van der Waals surface area (Å²) in [7, 11) is 1.89. The van der Waals surface area contributed by atoms with Crippen LogP contribution in [0, 0.1) is 5.92 Å². The van der Waals surface area contributed by atoms with Crippen LogP contribution in [0.5, 0.6) is 5.75 Å². The third kappa shape index (κ3) is 5.79. The second-order valence-corrected chi connectivity index (χ2v) is 10.7. The van der Waals surface area contributed by atoms with Crippen molar-refractivity contribution < 1.29 is 14.3 Å². The van der Waals surface area contributed by atoms with Gasteiger partial charge in [0.25, 0.3) is 5.91 Å². The lowest BCUT2D eigenvalue weighted by molar-refractivity contribution is -0.136. The Morgan fingerprint density at radius 2 is 1.65 bits per heavy atom. The third-order valence-corrected chi connectivity index (χ3v) is 6.89. The number of piperidine rings is 1. The van der Waals surface area contributed by atoms with Crippen molar-refractivity contribution in [1.29, 1.82) is 0 Å². The van der Waals surface area contributed by atoms with Gasteiger partial charge in [-0.25, -0.2) is 0 Å². The van der Waals surface area contributed by atoms with E-state index < -0.39 is 5.60 Å². The lowest BCUT2D eigenvalue weighted by Gasteiger charge is -2.41. The van der Waals surface area contributed by atoms with Crippen molar-refractivity contribution >= 4 is 11.8 Å². The molecule has 6 heteroatoms. The van der Waals surface area contributed by atoms with Crippen LogP contribution in [-0.4, -0.2) is 65.0 Å². The van der Waals surface area contributed by atoms with Crippen LogP contribution in [0.3, 0.4) is 0 Å². The zero-order chi connectivity index (χ0) is 22.8. The van der Waals surface area contributed by atoms with Crippen molar-refractivity contribution in [2.75, 3.05) is 20.1 Å². The van der Waals surface area contributed by atoms with Crippen LogP contribution >= 0.6 is 0 Å². The highest BCUT2D eigenvalue weighted by atomic mass is 16.5. The highest BCUT2D eigenvalue weighted by molar-refractivity contribution is 5.84. The first kappa shape index (κ1) is 23.6. The summed E-state index contributed by atoms with van der Waals surface area (Å²) < 4.78 is 5.91. The SMILES string of the molecule is CN(C(=O)CN1[C@@H]2CC[C@H]1C[C@H](CNC(=O)C(C)(C)Oc1ccccc1)C2)C(C)(C)C. The van der Waals surface area contributed by atoms with Crippen molar-refractivity contribution in [3.05, 3.63) is 30.3 Å². The quantitative estimate of drug-likeness (QED) is 0.721. The fraction of sp³-hybridized carbons (Fsp3) is 0.680. The average molecular weight is 430 g/mol. The predicted octanol–water partition coefficient (Wildman–Crippen LogP) is 3.46. The van der Waals surface area contributed by atoms with E-state index in [0.717, 1.165) is 25.7 Å². The topological polar surface area (TPSA) is 61.9 Å². The van der Waals surface area contributed by atoms with Crippen LogP contribution in [0.4, 0.5) is 0 Å². The smallest absolute Gasteiger partial charge is 0.263 e. The minimum atomic E-state index is -0.926. The Morgan fingerprint density at radius 1 is 1.06 bits per heavy atom. The minimum Gasteiger partial charge on any atom is -0.478 e. The minimum absolute atomic E-state index is 0.0897. The molecule has 1 aromatic carbocycles. The predicted molar refractivity (Wildman–Crippen MR) is 123 cm³/mol. The molecular weight excluding hydrogens is 390 g/mol. The molecule has 2 saturated heterocycles. The number of hydrogen-bond acceptors (Lipinski definition) is 4. The molecule has 31 heavy (non-hydrogen) atoms. The van der Waals surface area contributed by atoms with Crippen LogP contribution in [0.2, 0.25) is 0 Å². The van der Waals surface area contributed by atoms with Crippen molar-refractivity contribution in [2.24, 2.45) is 5.92 Å². The van der Waals surface area contributed by atoms with Crippen molar-refractivity contribution in [3.63, 3.8) is 0 Å². The van der Waals surface area contributed by atoms with E-state index in [1.165, 1.54) is 0 Å². The number of hydrogen-bond donors (Lipinski definition) is 1. The first-order valence-electron chi connectivity index (χ1n) is 11.5. The van der Waals surface area contributed by atoms with Gasteiger partial charge in [0.15, 0.2) is 5.60 Å². The van der Waals surface area contributed by atoms with E-state index in [2.05, 4.69) is 31.0 Å². The summed E-state index contributed by atoms with van der Waals surface area (Å²) in [5.74, 6) is 1.24. The zero-order valence-corrected chi connectivity index (χ0v) is 20.0. The van der Waals surface area contributed by atoms with Gasteiger partial charge in [0.1, 0.15) is 5.75 Å². The van der Waals surface area contributed by atoms with Crippen molar-refractivity contribution in [3.8, 4) is 5.75 Å². The molecule has 2 amide bonds. The van der Waals surface area contributed by atoms with Gasteiger partial charge in [-0.15, -0.1) is 0 Å². The third-order valence-electron chi connectivity index (χ3n) is 6.89. The van der Waals surface area contributed by atoms with Gasteiger partial charge >= 0.3 is 0 Å². The second-order valence-electron chi connectivity index (χ2n) is 10.7. The number of para-hydroxylation sites is 1.